The summed E-state index contributed by atoms with van der Waals surface area (Å²) in [7, 11) is 0. The average Bonchev–Trinajstić information content (AvgIpc) is 2.54. The topological polar surface area (TPSA) is 92.2 Å². The third-order valence-electron chi connectivity index (χ3n) is 3.02. The predicted molar refractivity (Wildman–Crippen MR) is 79.5 cm³/mol. The zero-order valence-corrected chi connectivity index (χ0v) is 15.3. The van der Waals surface area contributed by atoms with Crippen LogP contribution < -0.4 is 10.6 Å². The van der Waals surface area contributed by atoms with Crippen LogP contribution >= 0.6 is 0 Å². The minimum atomic E-state index is -1.28. The van der Waals surface area contributed by atoms with Crippen molar-refractivity contribution in [2.75, 3.05) is 39.5 Å². The average molecular weight is 355 g/mol. The SMILES string of the molecule is CCCCOC([O][Ti])(OCCCC)C(NCCO)NCCO. The van der Waals surface area contributed by atoms with E-state index in [4.69, 9.17) is 23.0 Å². The number of nitrogens with one attached hydrogen (secondary N) is 2. The van der Waals surface area contributed by atoms with Crippen LogP contribution in [0.5, 0.6) is 0 Å². The Hall–Kier alpha value is 0.434. The number of rotatable bonds is 16. The van der Waals surface area contributed by atoms with E-state index < -0.39 is 12.1 Å². The molecule has 131 valence electrons. The first-order valence-corrected chi connectivity index (χ1v) is 8.65. The van der Waals surface area contributed by atoms with Crippen molar-refractivity contribution in [3.8, 4) is 0 Å². The Morgan fingerprint density at radius 1 is 0.955 bits per heavy atom. The second-order valence-electron chi connectivity index (χ2n) is 4.90. The first-order chi connectivity index (χ1) is 10.7. The van der Waals surface area contributed by atoms with Gasteiger partial charge in [-0.1, -0.05) is 0 Å². The number of aliphatic hydroxyl groups is 2. The molecule has 0 amide bonds. The number of unbranched alkanes of at least 4 members (excludes halogenated alkanes) is 2. The van der Waals surface area contributed by atoms with Crippen LogP contribution in [0.2, 0.25) is 0 Å². The van der Waals surface area contributed by atoms with Gasteiger partial charge in [-0.15, -0.1) is 0 Å². The van der Waals surface area contributed by atoms with E-state index in [9.17, 15) is 0 Å². The third-order valence-corrected chi connectivity index (χ3v) is 3.46. The van der Waals surface area contributed by atoms with Crippen molar-refractivity contribution >= 4 is 0 Å². The molecule has 0 rings (SSSR count). The molecule has 0 aromatic carbocycles. The normalized spacial score (nSPS) is 12.2. The Kier molecular flexibility index (Phi) is 15.3. The van der Waals surface area contributed by atoms with Gasteiger partial charge in [-0.25, -0.2) is 0 Å². The Labute approximate surface area is 146 Å². The van der Waals surface area contributed by atoms with E-state index in [0.717, 1.165) is 25.7 Å². The van der Waals surface area contributed by atoms with Gasteiger partial charge in [0.1, 0.15) is 0 Å². The van der Waals surface area contributed by atoms with Crippen molar-refractivity contribution in [2.24, 2.45) is 0 Å². The standard InChI is InChI=1S/C14H31N2O5.Ti/c1-3-5-11-20-14(19,21-12-6-4-2)13(15-7-9-17)16-8-10-18;/h13,15-18H,3-12H2,1-2H3;/q-1;+1. The Balaban J connectivity index is 4.93. The summed E-state index contributed by atoms with van der Waals surface area (Å²) in [5.74, 6) is -1.28. The van der Waals surface area contributed by atoms with Crippen molar-refractivity contribution < 1.29 is 43.8 Å². The second kappa shape index (κ2) is 15.0. The van der Waals surface area contributed by atoms with Crippen LogP contribution in [-0.4, -0.2) is 61.9 Å². The summed E-state index contributed by atoms with van der Waals surface area (Å²) in [4.78, 5) is 0. The molecule has 22 heavy (non-hydrogen) atoms. The van der Waals surface area contributed by atoms with Gasteiger partial charge in [0.2, 0.25) is 0 Å². The van der Waals surface area contributed by atoms with Crippen LogP contribution in [0.1, 0.15) is 39.5 Å². The molecule has 0 aliphatic rings. The van der Waals surface area contributed by atoms with Crippen molar-refractivity contribution in [3.05, 3.63) is 0 Å². The summed E-state index contributed by atoms with van der Waals surface area (Å²) in [6.45, 7) is 5.89. The molecule has 0 saturated carbocycles. The van der Waals surface area contributed by atoms with Gasteiger partial charge in [-0.2, -0.15) is 0 Å². The molecule has 8 heteroatoms. The molecule has 0 fully saturated rings. The number of aliphatic hydroxyl groups excluding tert-OH is 2. The molecule has 0 radical (unpaired) electrons. The van der Waals surface area contributed by atoms with Gasteiger partial charge in [-0.05, 0) is 0 Å². The monoisotopic (exact) mass is 355 g/mol. The van der Waals surface area contributed by atoms with E-state index in [1.807, 2.05) is 0 Å². The van der Waals surface area contributed by atoms with E-state index in [2.05, 4.69) is 24.5 Å². The molecule has 0 aliphatic heterocycles. The first-order valence-electron chi connectivity index (χ1n) is 8.01. The molecule has 7 nitrogen and oxygen atoms in total. The van der Waals surface area contributed by atoms with Crippen LogP contribution in [0.3, 0.4) is 0 Å². The second-order valence-corrected chi connectivity index (χ2v) is 5.22. The molecule has 0 bridgehead atoms. The molecular formula is C14H31N2O5Ti. The maximum absolute atomic E-state index is 9.05. The summed E-state index contributed by atoms with van der Waals surface area (Å²) in [5, 5.41) is 24.3. The summed E-state index contributed by atoms with van der Waals surface area (Å²) in [5.41, 5.74) is 0. The molecule has 0 spiro atoms. The number of hydrogen-bond donors (Lipinski definition) is 4. The quantitative estimate of drug-likeness (QED) is 0.179. The predicted octanol–water partition coefficient (Wildman–Crippen LogP) is 0.242. The van der Waals surface area contributed by atoms with Crippen LogP contribution in [0, 0.1) is 0 Å². The van der Waals surface area contributed by atoms with Gasteiger partial charge in [0.25, 0.3) is 0 Å². The molecule has 0 heterocycles. The van der Waals surface area contributed by atoms with E-state index in [1.54, 1.807) is 0 Å². The van der Waals surface area contributed by atoms with Gasteiger partial charge >= 0.3 is 146 Å². The van der Waals surface area contributed by atoms with Crippen LogP contribution in [0.25, 0.3) is 0 Å². The number of ether oxygens (including phenoxy) is 2. The Morgan fingerprint density at radius 3 is 1.73 bits per heavy atom. The first kappa shape index (κ1) is 22.4. The van der Waals surface area contributed by atoms with Crippen LogP contribution in [0.4, 0.5) is 0 Å². The van der Waals surface area contributed by atoms with Crippen molar-refractivity contribution in [1.29, 1.82) is 0 Å². The molecule has 0 aromatic rings. The molecule has 0 aromatic heterocycles. The van der Waals surface area contributed by atoms with E-state index in [-0.39, 0.29) is 13.2 Å². The summed E-state index contributed by atoms with van der Waals surface area (Å²) in [6, 6.07) is 0. The van der Waals surface area contributed by atoms with E-state index in [1.165, 1.54) is 20.8 Å². The molecule has 4 N–H and O–H groups in total. The zero-order chi connectivity index (χ0) is 16.7. The Bertz CT molecular complexity index is 231. The van der Waals surface area contributed by atoms with Crippen LogP contribution in [0.15, 0.2) is 0 Å². The van der Waals surface area contributed by atoms with Crippen molar-refractivity contribution in [3.63, 3.8) is 0 Å². The summed E-state index contributed by atoms with van der Waals surface area (Å²) in [6.07, 6.45) is 3.32. The fourth-order valence-electron chi connectivity index (χ4n) is 1.78. The van der Waals surface area contributed by atoms with Gasteiger partial charge in [0.15, 0.2) is 0 Å². The Morgan fingerprint density at radius 2 is 1.41 bits per heavy atom. The third kappa shape index (κ3) is 8.91. The van der Waals surface area contributed by atoms with E-state index >= 15 is 0 Å². The number of hydrogen-bond acceptors (Lipinski definition) is 7. The molecule has 0 saturated heterocycles. The fraction of sp³-hybridized carbons (Fsp3) is 1.00. The van der Waals surface area contributed by atoms with Gasteiger partial charge < -0.3 is 0 Å². The maximum atomic E-state index is 9.05. The molecule has 0 aliphatic carbocycles. The summed E-state index contributed by atoms with van der Waals surface area (Å²) >= 11 is 1.53. The summed E-state index contributed by atoms with van der Waals surface area (Å²) < 4.78 is 17.3. The molecular weight excluding hydrogens is 324 g/mol. The van der Waals surface area contributed by atoms with Gasteiger partial charge in [0, 0.05) is 0 Å². The van der Waals surface area contributed by atoms with Crippen LogP contribution in [-0.2, 0) is 33.6 Å². The van der Waals surface area contributed by atoms with Crippen molar-refractivity contribution in [2.45, 2.75) is 51.7 Å². The fourth-order valence-corrected chi connectivity index (χ4v) is 2.15. The minimum absolute atomic E-state index is 0.0129. The van der Waals surface area contributed by atoms with Crippen molar-refractivity contribution in [1.82, 2.24) is 10.6 Å². The zero-order valence-electron chi connectivity index (χ0n) is 13.8. The molecule has 0 atom stereocenters. The van der Waals surface area contributed by atoms with E-state index in [0.29, 0.717) is 26.3 Å². The van der Waals surface area contributed by atoms with Gasteiger partial charge in [-0.3, -0.25) is 0 Å². The molecule has 0 unspecified atom stereocenters. The van der Waals surface area contributed by atoms with Gasteiger partial charge in [0.05, 0.1) is 0 Å².